The zero-order valence-corrected chi connectivity index (χ0v) is 13.2. The normalized spacial score (nSPS) is 26.6. The number of fused-ring (bicyclic) bond motifs is 3. The van der Waals surface area contributed by atoms with E-state index in [1.165, 1.54) is 12.8 Å². The molecule has 2 aliphatic heterocycles. The highest BCUT2D eigenvalue weighted by Crippen LogP contribution is 2.32. The second kappa shape index (κ2) is 6.26. The molecular formula is C16H21ClN4O. The monoisotopic (exact) mass is 320 g/mol. The summed E-state index contributed by atoms with van der Waals surface area (Å²) in [5, 5.41) is 14.6. The standard InChI is InChI=1S/C16H20N4O.ClH/c21-16(7-10-5-12-3-4-13(6-10)18-12)19-14-2-1-11-9-17-20-15(11)8-14;/h1-2,8-10,12-13,18H,3-7H2,(H,17,20)(H,19,21);1H. The van der Waals surface area contributed by atoms with Crippen molar-refractivity contribution >= 4 is 34.9 Å². The van der Waals surface area contributed by atoms with Crippen LogP contribution < -0.4 is 10.6 Å². The third kappa shape index (κ3) is 3.10. The fraction of sp³-hybridized carbons (Fsp3) is 0.500. The Morgan fingerprint density at radius 3 is 2.82 bits per heavy atom. The van der Waals surface area contributed by atoms with Crippen molar-refractivity contribution in [3.05, 3.63) is 24.4 Å². The maximum absolute atomic E-state index is 12.2. The molecule has 1 amide bonds. The second-order valence-electron chi connectivity index (χ2n) is 6.40. The number of rotatable bonds is 3. The molecule has 1 aromatic carbocycles. The van der Waals surface area contributed by atoms with Gasteiger partial charge in [0.25, 0.3) is 0 Å². The van der Waals surface area contributed by atoms with E-state index in [2.05, 4.69) is 20.8 Å². The van der Waals surface area contributed by atoms with Crippen LogP contribution in [0.15, 0.2) is 24.4 Å². The molecule has 3 heterocycles. The lowest BCUT2D eigenvalue weighted by atomic mass is 9.89. The van der Waals surface area contributed by atoms with Crippen molar-refractivity contribution < 1.29 is 4.79 Å². The minimum absolute atomic E-state index is 0. The number of hydrogen-bond donors (Lipinski definition) is 3. The summed E-state index contributed by atoms with van der Waals surface area (Å²) in [7, 11) is 0. The van der Waals surface area contributed by atoms with Gasteiger partial charge in [0.1, 0.15) is 0 Å². The summed E-state index contributed by atoms with van der Waals surface area (Å²) >= 11 is 0. The van der Waals surface area contributed by atoms with Gasteiger partial charge in [-0.25, -0.2) is 0 Å². The summed E-state index contributed by atoms with van der Waals surface area (Å²) in [6, 6.07) is 7.12. The van der Waals surface area contributed by atoms with Crippen LogP contribution in [0.2, 0.25) is 0 Å². The number of H-pyrrole nitrogens is 1. The van der Waals surface area contributed by atoms with Crippen LogP contribution in [-0.2, 0) is 4.79 Å². The predicted molar refractivity (Wildman–Crippen MR) is 89.3 cm³/mol. The first-order valence-electron chi connectivity index (χ1n) is 7.75. The van der Waals surface area contributed by atoms with E-state index >= 15 is 0 Å². The first-order chi connectivity index (χ1) is 10.3. The van der Waals surface area contributed by atoms with Gasteiger partial charge in [0.05, 0.1) is 11.7 Å². The number of amides is 1. The summed E-state index contributed by atoms with van der Waals surface area (Å²) in [6.45, 7) is 0. The fourth-order valence-electron chi connectivity index (χ4n) is 3.83. The Morgan fingerprint density at radius 1 is 1.27 bits per heavy atom. The van der Waals surface area contributed by atoms with Crippen LogP contribution in [0.5, 0.6) is 0 Å². The number of piperidine rings is 1. The van der Waals surface area contributed by atoms with Crippen LogP contribution >= 0.6 is 12.4 Å². The molecule has 2 bridgehead atoms. The number of aromatic amines is 1. The zero-order valence-electron chi connectivity index (χ0n) is 12.3. The van der Waals surface area contributed by atoms with Gasteiger partial charge < -0.3 is 10.6 Å². The molecule has 2 unspecified atom stereocenters. The first-order valence-corrected chi connectivity index (χ1v) is 7.75. The number of hydrogen-bond acceptors (Lipinski definition) is 3. The van der Waals surface area contributed by atoms with Crippen LogP contribution in [0.4, 0.5) is 5.69 Å². The summed E-state index contributed by atoms with van der Waals surface area (Å²) < 4.78 is 0. The van der Waals surface area contributed by atoms with Gasteiger partial charge in [0, 0.05) is 29.6 Å². The number of anilines is 1. The third-order valence-corrected chi connectivity index (χ3v) is 4.77. The minimum Gasteiger partial charge on any atom is -0.326 e. The molecular weight excluding hydrogens is 300 g/mol. The maximum Gasteiger partial charge on any atom is 0.224 e. The van der Waals surface area contributed by atoms with E-state index in [4.69, 9.17) is 0 Å². The highest BCUT2D eigenvalue weighted by molar-refractivity contribution is 5.93. The molecule has 2 atom stereocenters. The number of halogens is 1. The summed E-state index contributed by atoms with van der Waals surface area (Å²) in [5.74, 6) is 0.653. The summed E-state index contributed by atoms with van der Waals surface area (Å²) in [4.78, 5) is 12.2. The van der Waals surface area contributed by atoms with Gasteiger partial charge in [-0.15, -0.1) is 12.4 Å². The van der Waals surface area contributed by atoms with Crippen LogP contribution in [0, 0.1) is 5.92 Å². The van der Waals surface area contributed by atoms with Gasteiger partial charge in [-0.05, 0) is 49.8 Å². The van der Waals surface area contributed by atoms with Crippen molar-refractivity contribution in [3.8, 4) is 0 Å². The molecule has 2 saturated heterocycles. The molecule has 3 N–H and O–H groups in total. The first kappa shape index (κ1) is 15.3. The average molecular weight is 321 g/mol. The van der Waals surface area contributed by atoms with Gasteiger partial charge in [0.15, 0.2) is 0 Å². The predicted octanol–water partition coefficient (Wildman–Crippen LogP) is 2.84. The van der Waals surface area contributed by atoms with Crippen LogP contribution in [0.25, 0.3) is 10.9 Å². The molecule has 1 aromatic heterocycles. The number of nitrogens with one attached hydrogen (secondary N) is 3. The topological polar surface area (TPSA) is 69.8 Å². The Morgan fingerprint density at radius 2 is 2.05 bits per heavy atom. The Labute approximate surface area is 135 Å². The maximum atomic E-state index is 12.2. The SMILES string of the molecule is Cl.O=C(CC1CC2CCC(C1)N2)Nc1ccc2cn[nH]c2c1. The number of nitrogens with zero attached hydrogens (tertiary/aromatic N) is 1. The van der Waals surface area contributed by atoms with Gasteiger partial charge in [-0.1, -0.05) is 0 Å². The van der Waals surface area contributed by atoms with E-state index in [1.807, 2.05) is 18.2 Å². The van der Waals surface area contributed by atoms with Crippen molar-refractivity contribution in [1.29, 1.82) is 0 Å². The number of carbonyl (C=O) groups is 1. The van der Waals surface area contributed by atoms with Crippen LogP contribution in [-0.4, -0.2) is 28.2 Å². The Bertz CT molecular complexity index is 659. The molecule has 6 heteroatoms. The van der Waals surface area contributed by atoms with E-state index in [0.29, 0.717) is 24.4 Å². The van der Waals surface area contributed by atoms with Crippen LogP contribution in [0.1, 0.15) is 32.1 Å². The van der Waals surface area contributed by atoms with E-state index in [0.717, 1.165) is 29.4 Å². The molecule has 0 saturated carbocycles. The van der Waals surface area contributed by atoms with E-state index in [-0.39, 0.29) is 18.3 Å². The molecule has 0 radical (unpaired) electrons. The van der Waals surface area contributed by atoms with Crippen molar-refractivity contribution in [2.45, 2.75) is 44.2 Å². The molecule has 2 aliphatic rings. The number of benzene rings is 1. The molecule has 118 valence electrons. The molecule has 0 spiro atoms. The molecule has 2 aromatic rings. The Hall–Kier alpha value is -1.59. The zero-order chi connectivity index (χ0) is 14.2. The summed E-state index contributed by atoms with van der Waals surface area (Å²) in [5.41, 5.74) is 1.79. The highest BCUT2D eigenvalue weighted by Gasteiger charge is 2.34. The molecule has 0 aliphatic carbocycles. The van der Waals surface area contributed by atoms with Gasteiger partial charge >= 0.3 is 0 Å². The molecule has 5 nitrogen and oxygen atoms in total. The van der Waals surface area contributed by atoms with Gasteiger partial charge in [-0.2, -0.15) is 5.10 Å². The van der Waals surface area contributed by atoms with Crippen molar-refractivity contribution in [2.24, 2.45) is 5.92 Å². The third-order valence-electron chi connectivity index (χ3n) is 4.77. The molecule has 22 heavy (non-hydrogen) atoms. The largest absolute Gasteiger partial charge is 0.326 e. The number of carbonyl (C=O) groups excluding carboxylic acids is 1. The second-order valence-corrected chi connectivity index (χ2v) is 6.40. The summed E-state index contributed by atoms with van der Waals surface area (Å²) in [6.07, 6.45) is 7.26. The smallest absolute Gasteiger partial charge is 0.224 e. The molecule has 4 rings (SSSR count). The van der Waals surface area contributed by atoms with Gasteiger partial charge in [-0.3, -0.25) is 9.89 Å². The number of aromatic nitrogens is 2. The Kier molecular flexibility index (Phi) is 4.36. The van der Waals surface area contributed by atoms with Crippen LogP contribution in [0.3, 0.4) is 0 Å². The lowest BCUT2D eigenvalue weighted by Gasteiger charge is -2.28. The lowest BCUT2D eigenvalue weighted by Crippen LogP contribution is -2.39. The van der Waals surface area contributed by atoms with Crippen molar-refractivity contribution in [1.82, 2.24) is 15.5 Å². The highest BCUT2D eigenvalue weighted by atomic mass is 35.5. The van der Waals surface area contributed by atoms with E-state index < -0.39 is 0 Å². The average Bonchev–Trinajstić information content (AvgIpc) is 3.04. The lowest BCUT2D eigenvalue weighted by molar-refractivity contribution is -0.117. The fourth-order valence-corrected chi connectivity index (χ4v) is 3.83. The van der Waals surface area contributed by atoms with Crippen molar-refractivity contribution in [3.63, 3.8) is 0 Å². The van der Waals surface area contributed by atoms with Crippen molar-refractivity contribution in [2.75, 3.05) is 5.32 Å². The van der Waals surface area contributed by atoms with Gasteiger partial charge in [0.2, 0.25) is 5.91 Å². The van der Waals surface area contributed by atoms with E-state index in [1.54, 1.807) is 6.20 Å². The molecule has 2 fully saturated rings. The Balaban J connectivity index is 0.00000144. The minimum atomic E-state index is 0. The quantitative estimate of drug-likeness (QED) is 0.814. The van der Waals surface area contributed by atoms with E-state index in [9.17, 15) is 4.79 Å².